The highest BCUT2D eigenvalue weighted by Crippen LogP contribution is 2.44. The molecule has 42 heavy (non-hydrogen) atoms. The van der Waals surface area contributed by atoms with E-state index in [0.717, 1.165) is 64.2 Å². The minimum Gasteiger partial charge on any atom is -0.505 e. The molecule has 1 heterocycles. The summed E-state index contributed by atoms with van der Waals surface area (Å²) in [5.74, 6) is -6.38. The predicted molar refractivity (Wildman–Crippen MR) is 147 cm³/mol. The summed E-state index contributed by atoms with van der Waals surface area (Å²) < 4.78 is 92.7. The third-order valence-corrected chi connectivity index (χ3v) is 9.84. The Kier molecular flexibility index (Phi) is 8.27. The third-order valence-electron chi connectivity index (χ3n) is 9.84. The lowest BCUT2D eigenvalue weighted by Gasteiger charge is -2.32. The molecule has 8 heteroatoms. The summed E-state index contributed by atoms with van der Waals surface area (Å²) in [6, 6.07) is 8.19. The summed E-state index contributed by atoms with van der Waals surface area (Å²) in [6.45, 7) is 0.310. The van der Waals surface area contributed by atoms with Crippen LogP contribution in [0.25, 0.3) is 11.1 Å². The standard InChI is InChI=1S/C34H34F6O2/c35-29-22(11-12-24(31(29)37)25-13-14-26(28-17-42-28)33(39)32(25)38)20-7-3-18(4-8-20)1-2-19-5-9-21(10-6-19)23-15-16-27(41)34(40)30(23)36/h11-16,18-21,28,41H,1-10,17H2. The van der Waals surface area contributed by atoms with E-state index in [1.54, 1.807) is 0 Å². The van der Waals surface area contributed by atoms with Crippen molar-refractivity contribution >= 4 is 0 Å². The first-order valence-electron chi connectivity index (χ1n) is 15.0. The number of aromatic hydroxyl groups is 1. The molecular weight excluding hydrogens is 554 g/mol. The monoisotopic (exact) mass is 588 g/mol. The van der Waals surface area contributed by atoms with Crippen molar-refractivity contribution in [1.29, 1.82) is 0 Å². The van der Waals surface area contributed by atoms with Crippen molar-refractivity contribution in [1.82, 2.24) is 0 Å². The fourth-order valence-electron chi connectivity index (χ4n) is 7.20. The topological polar surface area (TPSA) is 32.8 Å². The van der Waals surface area contributed by atoms with Gasteiger partial charge in [0.2, 0.25) is 5.82 Å². The van der Waals surface area contributed by atoms with E-state index >= 15 is 8.78 Å². The fraction of sp³-hybridized carbons (Fsp3) is 0.471. The summed E-state index contributed by atoms with van der Waals surface area (Å²) >= 11 is 0. The summed E-state index contributed by atoms with van der Waals surface area (Å²) in [4.78, 5) is 0. The second kappa shape index (κ2) is 11.9. The highest BCUT2D eigenvalue weighted by molar-refractivity contribution is 5.66. The lowest BCUT2D eigenvalue weighted by molar-refractivity contribution is 0.249. The second-order valence-electron chi connectivity index (χ2n) is 12.3. The number of phenols is 1. The zero-order valence-corrected chi connectivity index (χ0v) is 23.3. The highest BCUT2D eigenvalue weighted by Gasteiger charge is 2.32. The average molecular weight is 589 g/mol. The Balaban J connectivity index is 1.01. The molecule has 1 unspecified atom stereocenters. The van der Waals surface area contributed by atoms with E-state index in [9.17, 15) is 22.7 Å². The Morgan fingerprint density at radius 1 is 0.524 bits per heavy atom. The van der Waals surface area contributed by atoms with Gasteiger partial charge in [-0.2, -0.15) is 4.39 Å². The van der Waals surface area contributed by atoms with Crippen molar-refractivity contribution in [3.63, 3.8) is 0 Å². The van der Waals surface area contributed by atoms with Gasteiger partial charge in [0.25, 0.3) is 0 Å². The molecule has 1 aliphatic heterocycles. The van der Waals surface area contributed by atoms with Crippen LogP contribution in [0.5, 0.6) is 5.75 Å². The van der Waals surface area contributed by atoms with Crippen LogP contribution in [0.2, 0.25) is 0 Å². The molecule has 6 rings (SSSR count). The number of halogens is 6. The summed E-state index contributed by atoms with van der Waals surface area (Å²) in [5, 5.41) is 9.38. The van der Waals surface area contributed by atoms with Crippen LogP contribution in [0.15, 0.2) is 36.4 Å². The number of phenolic OH excluding ortho intramolecular Hbond substituents is 1. The first kappa shape index (κ1) is 29.1. The molecule has 0 radical (unpaired) electrons. The molecule has 224 valence electrons. The Labute approximate surface area is 241 Å². The van der Waals surface area contributed by atoms with Gasteiger partial charge in [-0.15, -0.1) is 0 Å². The van der Waals surface area contributed by atoms with E-state index in [2.05, 4.69) is 0 Å². The summed E-state index contributed by atoms with van der Waals surface area (Å²) in [5.41, 5.74) is 0.113. The van der Waals surface area contributed by atoms with Gasteiger partial charge < -0.3 is 9.84 Å². The van der Waals surface area contributed by atoms with Gasteiger partial charge in [0.1, 0.15) is 6.10 Å². The second-order valence-corrected chi connectivity index (χ2v) is 12.3. The lowest BCUT2D eigenvalue weighted by Crippen LogP contribution is -2.18. The van der Waals surface area contributed by atoms with Gasteiger partial charge in [-0.25, -0.2) is 22.0 Å². The molecule has 1 saturated heterocycles. The minimum atomic E-state index is -1.20. The summed E-state index contributed by atoms with van der Waals surface area (Å²) in [7, 11) is 0. The Hall–Kier alpha value is -3.00. The molecule has 0 spiro atoms. The van der Waals surface area contributed by atoms with Crippen LogP contribution in [-0.4, -0.2) is 11.7 Å². The van der Waals surface area contributed by atoms with E-state index in [1.165, 1.54) is 36.4 Å². The first-order valence-corrected chi connectivity index (χ1v) is 15.0. The molecule has 1 atom stereocenters. The molecule has 3 aromatic rings. The summed E-state index contributed by atoms with van der Waals surface area (Å²) in [6.07, 6.45) is 8.36. The van der Waals surface area contributed by atoms with Gasteiger partial charge in [0.15, 0.2) is 34.8 Å². The van der Waals surface area contributed by atoms with Crippen LogP contribution in [0.3, 0.4) is 0 Å². The van der Waals surface area contributed by atoms with Crippen molar-refractivity contribution < 1.29 is 36.2 Å². The minimum absolute atomic E-state index is 0.0410. The normalized spacial score (nSPS) is 25.9. The van der Waals surface area contributed by atoms with Gasteiger partial charge in [-0.1, -0.05) is 43.2 Å². The molecule has 3 aromatic carbocycles. The van der Waals surface area contributed by atoms with Crippen LogP contribution in [0, 0.1) is 46.7 Å². The molecule has 0 amide bonds. The van der Waals surface area contributed by atoms with Crippen molar-refractivity contribution in [3.8, 4) is 16.9 Å². The van der Waals surface area contributed by atoms with E-state index in [-0.39, 0.29) is 34.1 Å². The van der Waals surface area contributed by atoms with E-state index < -0.39 is 46.8 Å². The fourth-order valence-corrected chi connectivity index (χ4v) is 7.20. The lowest BCUT2D eigenvalue weighted by atomic mass is 9.73. The first-order chi connectivity index (χ1) is 20.2. The van der Waals surface area contributed by atoms with Gasteiger partial charge >= 0.3 is 0 Å². The third kappa shape index (κ3) is 5.67. The van der Waals surface area contributed by atoms with E-state index in [1.807, 2.05) is 0 Å². The Morgan fingerprint density at radius 2 is 0.929 bits per heavy atom. The quantitative estimate of drug-likeness (QED) is 0.220. The number of hydrogen-bond acceptors (Lipinski definition) is 2. The van der Waals surface area contributed by atoms with Crippen molar-refractivity contribution in [2.24, 2.45) is 11.8 Å². The zero-order valence-electron chi connectivity index (χ0n) is 23.3. The van der Waals surface area contributed by atoms with Crippen LogP contribution in [0.4, 0.5) is 26.3 Å². The predicted octanol–water partition coefficient (Wildman–Crippen LogP) is 9.99. The van der Waals surface area contributed by atoms with Gasteiger partial charge in [-0.05, 0) is 92.2 Å². The highest BCUT2D eigenvalue weighted by atomic mass is 19.2. The number of hydrogen-bond donors (Lipinski definition) is 1. The van der Waals surface area contributed by atoms with E-state index in [4.69, 9.17) is 4.74 Å². The van der Waals surface area contributed by atoms with Crippen LogP contribution in [0.1, 0.15) is 98.8 Å². The largest absolute Gasteiger partial charge is 0.505 e. The van der Waals surface area contributed by atoms with Crippen LogP contribution >= 0.6 is 0 Å². The van der Waals surface area contributed by atoms with Crippen molar-refractivity contribution in [2.75, 3.05) is 6.61 Å². The number of epoxide rings is 1. The molecule has 3 aliphatic rings. The van der Waals surface area contributed by atoms with E-state index in [0.29, 0.717) is 24.0 Å². The number of benzene rings is 3. The molecule has 2 nitrogen and oxygen atoms in total. The molecule has 0 bridgehead atoms. The molecule has 2 saturated carbocycles. The maximum atomic E-state index is 15.2. The van der Waals surface area contributed by atoms with Crippen LogP contribution in [-0.2, 0) is 4.74 Å². The number of ether oxygens (including phenoxy) is 1. The average Bonchev–Trinajstić information content (AvgIpc) is 3.84. The molecule has 2 aliphatic carbocycles. The van der Waals surface area contributed by atoms with Crippen molar-refractivity contribution in [3.05, 3.63) is 88.0 Å². The van der Waals surface area contributed by atoms with Gasteiger partial charge in [0, 0.05) is 16.7 Å². The Bertz CT molecular complexity index is 1450. The molecule has 3 fully saturated rings. The van der Waals surface area contributed by atoms with Gasteiger partial charge in [0.05, 0.1) is 6.61 Å². The Morgan fingerprint density at radius 3 is 1.40 bits per heavy atom. The maximum absolute atomic E-state index is 15.2. The van der Waals surface area contributed by atoms with Crippen LogP contribution < -0.4 is 0 Å². The maximum Gasteiger partial charge on any atom is 0.200 e. The smallest absolute Gasteiger partial charge is 0.200 e. The van der Waals surface area contributed by atoms with Gasteiger partial charge in [-0.3, -0.25) is 0 Å². The molecule has 0 aromatic heterocycles. The zero-order chi connectivity index (χ0) is 29.5. The molecular formula is C34H34F6O2. The van der Waals surface area contributed by atoms with Crippen molar-refractivity contribution in [2.45, 2.75) is 82.1 Å². The molecule has 1 N–H and O–H groups in total. The number of rotatable bonds is 7. The SMILES string of the molecule is Oc1ccc(C2CCC(CCC3CCC(c4ccc(-c5ccc(C6CO6)c(F)c5F)c(F)c4F)CC3)CC2)c(F)c1F.